The molecule has 0 bridgehead atoms. The van der Waals surface area contributed by atoms with Crippen LogP contribution in [0.5, 0.6) is 0 Å². The summed E-state index contributed by atoms with van der Waals surface area (Å²) in [5.74, 6) is -0.629. The maximum atomic E-state index is 12.8. The number of ether oxygens (including phenoxy) is 1. The lowest BCUT2D eigenvalue weighted by molar-refractivity contribution is 0.0600. The molecule has 0 fully saturated rings. The van der Waals surface area contributed by atoms with E-state index in [9.17, 15) is 13.2 Å². The van der Waals surface area contributed by atoms with Crippen LogP contribution in [-0.2, 0) is 14.8 Å². The lowest BCUT2D eigenvalue weighted by atomic mass is 9.97. The summed E-state index contributed by atoms with van der Waals surface area (Å²) in [6.07, 6.45) is 0. The van der Waals surface area contributed by atoms with E-state index in [2.05, 4.69) is 9.46 Å². The molecule has 0 aromatic heterocycles. The molecule has 1 atom stereocenters. The van der Waals surface area contributed by atoms with Crippen LogP contribution in [0.4, 0.5) is 0 Å². The van der Waals surface area contributed by atoms with E-state index in [1.807, 2.05) is 32.9 Å². The number of carbonyl (C=O) groups is 1. The lowest BCUT2D eigenvalue weighted by Gasteiger charge is -2.19. The zero-order valence-corrected chi connectivity index (χ0v) is 17.0. The lowest BCUT2D eigenvalue weighted by Crippen LogP contribution is -2.28. The summed E-state index contributed by atoms with van der Waals surface area (Å²) >= 11 is 6.06. The SMILES string of the molecule is COC(=O)c1ccc(Cl)c(S(=O)(=O)NC(C)c2cc(C)c(C)cc2C)c1. The second-order valence-electron chi connectivity index (χ2n) is 6.27. The van der Waals surface area contributed by atoms with E-state index >= 15 is 0 Å². The maximum Gasteiger partial charge on any atom is 0.337 e. The van der Waals surface area contributed by atoms with Crippen molar-refractivity contribution in [1.29, 1.82) is 0 Å². The number of halogens is 1. The smallest absolute Gasteiger partial charge is 0.337 e. The largest absolute Gasteiger partial charge is 0.465 e. The van der Waals surface area contributed by atoms with E-state index in [4.69, 9.17) is 11.6 Å². The van der Waals surface area contributed by atoms with Crippen molar-refractivity contribution in [3.8, 4) is 0 Å². The highest BCUT2D eigenvalue weighted by atomic mass is 35.5. The number of rotatable bonds is 5. The molecule has 0 saturated heterocycles. The third kappa shape index (κ3) is 4.26. The Kier molecular flexibility index (Phi) is 6.11. The molecule has 7 heteroatoms. The molecule has 2 aromatic rings. The van der Waals surface area contributed by atoms with Gasteiger partial charge in [-0.15, -0.1) is 0 Å². The van der Waals surface area contributed by atoms with E-state index < -0.39 is 22.0 Å². The number of benzene rings is 2. The van der Waals surface area contributed by atoms with Crippen LogP contribution in [0.15, 0.2) is 35.2 Å². The van der Waals surface area contributed by atoms with Crippen molar-refractivity contribution in [1.82, 2.24) is 4.72 Å². The Morgan fingerprint density at radius 2 is 1.69 bits per heavy atom. The molecule has 0 aliphatic carbocycles. The summed E-state index contributed by atoms with van der Waals surface area (Å²) in [5.41, 5.74) is 4.24. The average Bonchev–Trinajstić information content (AvgIpc) is 2.57. The Morgan fingerprint density at radius 1 is 1.08 bits per heavy atom. The van der Waals surface area contributed by atoms with Gasteiger partial charge >= 0.3 is 5.97 Å². The Bertz CT molecular complexity index is 954. The van der Waals surface area contributed by atoms with Gasteiger partial charge in [-0.1, -0.05) is 23.7 Å². The van der Waals surface area contributed by atoms with Gasteiger partial charge in [0, 0.05) is 6.04 Å². The van der Waals surface area contributed by atoms with Gasteiger partial charge in [0.1, 0.15) is 4.90 Å². The maximum absolute atomic E-state index is 12.8. The summed E-state index contributed by atoms with van der Waals surface area (Å²) in [4.78, 5) is 11.5. The van der Waals surface area contributed by atoms with Crippen LogP contribution in [0.1, 0.15) is 45.6 Å². The molecule has 0 spiro atoms. The predicted molar refractivity (Wildman–Crippen MR) is 102 cm³/mol. The monoisotopic (exact) mass is 395 g/mol. The summed E-state index contributed by atoms with van der Waals surface area (Å²) in [7, 11) is -2.70. The van der Waals surface area contributed by atoms with Crippen LogP contribution in [0.25, 0.3) is 0 Å². The third-order valence-corrected chi connectivity index (χ3v) is 6.34. The number of aryl methyl sites for hydroxylation is 3. The van der Waals surface area contributed by atoms with Gasteiger partial charge in [-0.2, -0.15) is 0 Å². The van der Waals surface area contributed by atoms with Crippen LogP contribution in [0.2, 0.25) is 5.02 Å². The van der Waals surface area contributed by atoms with Gasteiger partial charge < -0.3 is 4.74 Å². The van der Waals surface area contributed by atoms with Gasteiger partial charge in [0.2, 0.25) is 10.0 Å². The molecule has 0 aliphatic rings. The minimum absolute atomic E-state index is 0.0363. The molecule has 1 N–H and O–H groups in total. The zero-order valence-electron chi connectivity index (χ0n) is 15.4. The number of hydrogen-bond acceptors (Lipinski definition) is 4. The molecule has 26 heavy (non-hydrogen) atoms. The van der Waals surface area contributed by atoms with Gasteiger partial charge in [-0.25, -0.2) is 17.9 Å². The molecular formula is C19H22ClNO4S. The van der Waals surface area contributed by atoms with Crippen molar-refractivity contribution >= 4 is 27.6 Å². The van der Waals surface area contributed by atoms with Gasteiger partial charge in [-0.05, 0) is 68.1 Å². The average molecular weight is 396 g/mol. The molecule has 0 heterocycles. The molecule has 2 rings (SSSR count). The van der Waals surface area contributed by atoms with Gasteiger partial charge in [0.25, 0.3) is 0 Å². The Hall–Kier alpha value is -1.89. The van der Waals surface area contributed by atoms with Crippen LogP contribution in [0.3, 0.4) is 0 Å². The van der Waals surface area contributed by atoms with Crippen molar-refractivity contribution in [3.05, 3.63) is 63.2 Å². The van der Waals surface area contributed by atoms with Crippen molar-refractivity contribution in [3.63, 3.8) is 0 Å². The molecule has 0 aliphatic heterocycles. The zero-order chi connectivity index (χ0) is 19.6. The molecule has 0 radical (unpaired) electrons. The minimum Gasteiger partial charge on any atom is -0.465 e. The number of hydrogen-bond donors (Lipinski definition) is 1. The van der Waals surface area contributed by atoms with Gasteiger partial charge in [0.05, 0.1) is 17.7 Å². The fourth-order valence-electron chi connectivity index (χ4n) is 2.76. The molecule has 0 amide bonds. The summed E-state index contributed by atoms with van der Waals surface area (Å²) in [6, 6.07) is 7.55. The van der Waals surface area contributed by atoms with Crippen LogP contribution >= 0.6 is 11.6 Å². The van der Waals surface area contributed by atoms with E-state index in [1.54, 1.807) is 6.92 Å². The highest BCUT2D eigenvalue weighted by Crippen LogP contribution is 2.27. The topological polar surface area (TPSA) is 72.5 Å². The molecule has 140 valence electrons. The van der Waals surface area contributed by atoms with Crippen molar-refractivity contribution in [2.45, 2.75) is 38.6 Å². The van der Waals surface area contributed by atoms with Crippen LogP contribution < -0.4 is 4.72 Å². The third-order valence-electron chi connectivity index (χ3n) is 4.32. The fourth-order valence-corrected chi connectivity index (χ4v) is 4.51. The van der Waals surface area contributed by atoms with Crippen LogP contribution in [-0.4, -0.2) is 21.5 Å². The van der Waals surface area contributed by atoms with E-state index in [1.165, 1.54) is 25.3 Å². The van der Waals surface area contributed by atoms with E-state index in [0.717, 1.165) is 22.3 Å². The minimum atomic E-state index is -3.93. The van der Waals surface area contributed by atoms with Crippen LogP contribution in [0, 0.1) is 20.8 Å². The molecule has 1 unspecified atom stereocenters. The highest BCUT2D eigenvalue weighted by molar-refractivity contribution is 7.89. The number of methoxy groups -OCH3 is 1. The Labute approximate surface area is 159 Å². The number of nitrogens with one attached hydrogen (secondary N) is 1. The molecule has 5 nitrogen and oxygen atoms in total. The number of esters is 1. The molecular weight excluding hydrogens is 374 g/mol. The number of sulfonamides is 1. The summed E-state index contributed by atoms with van der Waals surface area (Å²) in [5, 5.41) is 0.0363. The van der Waals surface area contributed by atoms with Gasteiger partial charge in [0.15, 0.2) is 0 Å². The molecule has 2 aromatic carbocycles. The Balaban J connectivity index is 2.40. The van der Waals surface area contributed by atoms with Gasteiger partial charge in [-0.3, -0.25) is 0 Å². The predicted octanol–water partition coefficient (Wildman–Crippen LogP) is 4.09. The first-order valence-corrected chi connectivity index (χ1v) is 9.91. The second kappa shape index (κ2) is 7.78. The standard InChI is InChI=1S/C19H22ClNO4S/c1-11-8-13(3)16(9-12(11)2)14(4)21-26(23,24)18-10-15(19(22)25-5)6-7-17(18)20/h6-10,14,21H,1-5H3. The molecule has 0 saturated carbocycles. The summed E-state index contributed by atoms with van der Waals surface area (Å²) in [6.45, 7) is 7.71. The quantitative estimate of drug-likeness (QED) is 0.774. The van der Waals surface area contributed by atoms with Crippen molar-refractivity contribution in [2.24, 2.45) is 0 Å². The summed E-state index contributed by atoms with van der Waals surface area (Å²) < 4.78 is 32.9. The Morgan fingerprint density at radius 3 is 2.31 bits per heavy atom. The number of carbonyl (C=O) groups excluding carboxylic acids is 1. The van der Waals surface area contributed by atoms with E-state index in [-0.39, 0.29) is 15.5 Å². The first-order chi connectivity index (χ1) is 12.1. The highest BCUT2D eigenvalue weighted by Gasteiger charge is 2.24. The first kappa shape index (κ1) is 20.4. The van der Waals surface area contributed by atoms with Crippen molar-refractivity contribution < 1.29 is 17.9 Å². The van der Waals surface area contributed by atoms with E-state index in [0.29, 0.717) is 0 Å². The second-order valence-corrected chi connectivity index (χ2v) is 8.36. The normalized spacial score (nSPS) is 12.7. The fraction of sp³-hybridized carbons (Fsp3) is 0.316. The first-order valence-electron chi connectivity index (χ1n) is 8.04. The van der Waals surface area contributed by atoms with Crippen molar-refractivity contribution in [2.75, 3.05) is 7.11 Å².